The molecule has 0 radical (unpaired) electrons. The van der Waals surface area contributed by atoms with Crippen molar-refractivity contribution in [2.75, 3.05) is 0 Å². The van der Waals surface area contributed by atoms with E-state index in [0.29, 0.717) is 23.3 Å². The predicted molar refractivity (Wildman–Crippen MR) is 74.3 cm³/mol. The Bertz CT molecular complexity index is 543. The van der Waals surface area contributed by atoms with Crippen molar-refractivity contribution in [2.45, 2.75) is 19.4 Å². The van der Waals surface area contributed by atoms with Gasteiger partial charge in [-0.3, -0.25) is 4.98 Å². The van der Waals surface area contributed by atoms with Crippen molar-refractivity contribution in [1.82, 2.24) is 4.98 Å². The van der Waals surface area contributed by atoms with E-state index in [0.717, 1.165) is 17.0 Å². The van der Waals surface area contributed by atoms with Gasteiger partial charge in [-0.1, -0.05) is 29.8 Å². The Morgan fingerprint density at radius 3 is 2.67 bits per heavy atom. The zero-order valence-electron chi connectivity index (χ0n) is 9.99. The second-order valence-electron chi connectivity index (χ2n) is 3.91. The average Bonchev–Trinajstić information content (AvgIpc) is 2.39. The molecule has 0 aliphatic heterocycles. The number of rotatable bonds is 4. The summed E-state index contributed by atoms with van der Waals surface area (Å²) in [5, 5.41) is 0.699. The number of hydrogen-bond donors (Lipinski definition) is 0. The molecule has 1 heterocycles. The summed E-state index contributed by atoms with van der Waals surface area (Å²) in [6.45, 7) is 2.34. The van der Waals surface area contributed by atoms with E-state index >= 15 is 0 Å². The van der Waals surface area contributed by atoms with Gasteiger partial charge in [0.1, 0.15) is 12.4 Å². The molecule has 0 N–H and O–H groups in total. The Balaban J connectivity index is 2.13. The van der Waals surface area contributed by atoms with Gasteiger partial charge in [0.2, 0.25) is 0 Å². The van der Waals surface area contributed by atoms with Crippen molar-refractivity contribution in [2.24, 2.45) is 0 Å². The third-order valence-electron chi connectivity index (χ3n) is 2.54. The molecule has 0 atom stereocenters. The van der Waals surface area contributed by atoms with Crippen LogP contribution in [0.2, 0.25) is 5.02 Å². The Hall–Kier alpha value is -1.25. The smallest absolute Gasteiger partial charge is 0.142 e. The highest BCUT2D eigenvalue weighted by Crippen LogP contribution is 2.22. The maximum Gasteiger partial charge on any atom is 0.142 e. The van der Waals surface area contributed by atoms with Crippen molar-refractivity contribution >= 4 is 23.2 Å². The fraction of sp³-hybridized carbons (Fsp3) is 0.214. The summed E-state index contributed by atoms with van der Waals surface area (Å²) in [7, 11) is 0. The minimum Gasteiger partial charge on any atom is -0.487 e. The fourth-order valence-electron chi connectivity index (χ4n) is 1.60. The minimum atomic E-state index is 0.333. The molecule has 94 valence electrons. The molecule has 0 unspecified atom stereocenters. The first kappa shape index (κ1) is 13.2. The zero-order valence-corrected chi connectivity index (χ0v) is 11.5. The predicted octanol–water partition coefficient (Wildman–Crippen LogP) is 4.36. The number of halogens is 2. The topological polar surface area (TPSA) is 22.1 Å². The van der Waals surface area contributed by atoms with E-state index in [9.17, 15) is 0 Å². The maximum atomic E-state index is 6.07. The van der Waals surface area contributed by atoms with Crippen LogP contribution in [-0.2, 0) is 12.5 Å². The van der Waals surface area contributed by atoms with Gasteiger partial charge in [0, 0.05) is 16.3 Å². The van der Waals surface area contributed by atoms with Gasteiger partial charge in [0.05, 0.1) is 11.6 Å². The summed E-state index contributed by atoms with van der Waals surface area (Å²) in [4.78, 5) is 4.34. The van der Waals surface area contributed by atoms with E-state index < -0.39 is 0 Å². The summed E-state index contributed by atoms with van der Waals surface area (Å²) in [5.74, 6) is 1.04. The number of benzene rings is 1. The molecule has 2 aromatic rings. The van der Waals surface area contributed by atoms with Crippen LogP contribution < -0.4 is 4.74 Å². The fourth-order valence-corrected chi connectivity index (χ4v) is 1.98. The number of nitrogens with zero attached hydrogens (tertiary/aromatic N) is 1. The van der Waals surface area contributed by atoms with Crippen molar-refractivity contribution in [3.05, 3.63) is 58.4 Å². The van der Waals surface area contributed by atoms with Crippen LogP contribution in [0, 0.1) is 6.92 Å². The van der Waals surface area contributed by atoms with Gasteiger partial charge in [0.15, 0.2) is 0 Å². The summed E-state index contributed by atoms with van der Waals surface area (Å²) in [6, 6.07) is 11.4. The van der Waals surface area contributed by atoms with Crippen LogP contribution in [0.4, 0.5) is 0 Å². The van der Waals surface area contributed by atoms with Crippen LogP contribution in [0.25, 0.3) is 0 Å². The summed E-state index contributed by atoms with van der Waals surface area (Å²) in [6.07, 6.45) is 0. The number of hydrogen-bond acceptors (Lipinski definition) is 2. The molecule has 0 aliphatic carbocycles. The summed E-state index contributed by atoms with van der Waals surface area (Å²) in [5.41, 5.74) is 2.62. The van der Waals surface area contributed by atoms with E-state index in [1.807, 2.05) is 43.3 Å². The van der Waals surface area contributed by atoms with Gasteiger partial charge in [-0.05, 0) is 25.1 Å². The monoisotopic (exact) mass is 281 g/mol. The molecule has 0 saturated carbocycles. The lowest BCUT2D eigenvalue weighted by molar-refractivity contribution is 0.302. The van der Waals surface area contributed by atoms with Crippen LogP contribution in [0.3, 0.4) is 0 Å². The number of aromatic nitrogens is 1. The molecule has 1 aromatic carbocycles. The second-order valence-corrected chi connectivity index (χ2v) is 4.59. The third kappa shape index (κ3) is 3.15. The molecule has 0 aliphatic rings. The molecular weight excluding hydrogens is 269 g/mol. The molecule has 2 nitrogen and oxygen atoms in total. The van der Waals surface area contributed by atoms with Crippen molar-refractivity contribution in [1.29, 1.82) is 0 Å². The van der Waals surface area contributed by atoms with Crippen LogP contribution >= 0.6 is 23.2 Å². The quantitative estimate of drug-likeness (QED) is 0.777. The van der Waals surface area contributed by atoms with E-state index in [2.05, 4.69) is 4.98 Å². The van der Waals surface area contributed by atoms with Crippen LogP contribution in [0.15, 0.2) is 36.4 Å². The molecule has 1 aromatic heterocycles. The van der Waals surface area contributed by atoms with Crippen molar-refractivity contribution < 1.29 is 4.74 Å². The lowest BCUT2D eigenvalue weighted by Gasteiger charge is -2.10. The summed E-state index contributed by atoms with van der Waals surface area (Å²) < 4.78 is 5.72. The van der Waals surface area contributed by atoms with Crippen LogP contribution in [0.1, 0.15) is 17.0 Å². The third-order valence-corrected chi connectivity index (χ3v) is 3.16. The standard InChI is InChI=1S/C14H13Cl2NO/c1-10-6-7-14(13(8-15)17-10)18-9-11-4-2-3-5-12(11)16/h2-7H,8-9H2,1H3. The molecule has 0 amide bonds. The molecule has 0 fully saturated rings. The Morgan fingerprint density at radius 1 is 1.17 bits per heavy atom. The number of aryl methyl sites for hydroxylation is 1. The van der Waals surface area contributed by atoms with Crippen molar-refractivity contribution in [3.63, 3.8) is 0 Å². The van der Waals surface area contributed by atoms with Crippen LogP contribution in [0.5, 0.6) is 5.75 Å². The first-order chi connectivity index (χ1) is 8.70. The minimum absolute atomic E-state index is 0.333. The molecule has 18 heavy (non-hydrogen) atoms. The van der Waals surface area contributed by atoms with Gasteiger partial charge < -0.3 is 4.74 Å². The van der Waals surface area contributed by atoms with E-state index in [1.165, 1.54) is 0 Å². The Labute approximate surface area is 117 Å². The maximum absolute atomic E-state index is 6.07. The number of pyridine rings is 1. The van der Waals surface area contributed by atoms with Gasteiger partial charge in [0.25, 0.3) is 0 Å². The van der Waals surface area contributed by atoms with Gasteiger partial charge in [-0.15, -0.1) is 11.6 Å². The lowest BCUT2D eigenvalue weighted by Crippen LogP contribution is -2.00. The van der Waals surface area contributed by atoms with Gasteiger partial charge >= 0.3 is 0 Å². The highest BCUT2D eigenvalue weighted by atomic mass is 35.5. The summed E-state index contributed by atoms with van der Waals surface area (Å²) >= 11 is 11.9. The van der Waals surface area contributed by atoms with Gasteiger partial charge in [-0.25, -0.2) is 0 Å². The lowest BCUT2D eigenvalue weighted by atomic mass is 10.2. The average molecular weight is 282 g/mol. The largest absolute Gasteiger partial charge is 0.487 e. The van der Waals surface area contributed by atoms with Crippen LogP contribution in [-0.4, -0.2) is 4.98 Å². The number of alkyl halides is 1. The van der Waals surface area contributed by atoms with Crippen molar-refractivity contribution in [3.8, 4) is 5.75 Å². The molecule has 0 saturated heterocycles. The second kappa shape index (κ2) is 6.07. The molecule has 0 bridgehead atoms. The molecule has 4 heteroatoms. The van der Waals surface area contributed by atoms with E-state index in [-0.39, 0.29) is 0 Å². The Kier molecular flexibility index (Phi) is 4.45. The zero-order chi connectivity index (χ0) is 13.0. The van der Waals surface area contributed by atoms with E-state index in [1.54, 1.807) is 0 Å². The first-order valence-electron chi connectivity index (χ1n) is 5.59. The normalized spacial score (nSPS) is 10.4. The first-order valence-corrected chi connectivity index (χ1v) is 6.50. The number of ether oxygens (including phenoxy) is 1. The van der Waals surface area contributed by atoms with E-state index in [4.69, 9.17) is 27.9 Å². The van der Waals surface area contributed by atoms with Gasteiger partial charge in [-0.2, -0.15) is 0 Å². The SMILES string of the molecule is Cc1ccc(OCc2ccccc2Cl)c(CCl)n1. The highest BCUT2D eigenvalue weighted by Gasteiger charge is 2.06. The molecule has 0 spiro atoms. The highest BCUT2D eigenvalue weighted by molar-refractivity contribution is 6.31. The molecule has 2 rings (SSSR count). The Morgan fingerprint density at radius 2 is 1.94 bits per heavy atom. The molecular formula is C14H13Cl2NO.